The molecule has 0 aliphatic rings. The van der Waals surface area contributed by atoms with E-state index < -0.39 is 0 Å². The van der Waals surface area contributed by atoms with Crippen LogP contribution in [0.15, 0.2) is 46.9 Å². The van der Waals surface area contributed by atoms with Crippen LogP contribution >= 0.6 is 15.9 Å². The van der Waals surface area contributed by atoms with Gasteiger partial charge in [-0.05, 0) is 42.7 Å². The molecule has 0 fully saturated rings. The molecule has 0 unspecified atom stereocenters. The topological polar surface area (TPSA) is 26.3 Å². The van der Waals surface area contributed by atoms with Crippen LogP contribution in [0.4, 0.5) is 0 Å². The second kappa shape index (κ2) is 6.02. The molecule has 0 saturated carbocycles. The van der Waals surface area contributed by atoms with Crippen molar-refractivity contribution in [2.24, 2.45) is 0 Å². The largest absolute Gasteiger partial charge is 0.426 e. The summed E-state index contributed by atoms with van der Waals surface area (Å²) in [4.78, 5) is 11.9. The van der Waals surface area contributed by atoms with E-state index in [0.717, 1.165) is 21.2 Å². The lowest BCUT2D eigenvalue weighted by Crippen LogP contribution is -2.12. The van der Waals surface area contributed by atoms with Crippen molar-refractivity contribution in [3.63, 3.8) is 0 Å². The summed E-state index contributed by atoms with van der Waals surface area (Å²) in [6, 6.07) is 13.5. The molecule has 0 atom stereocenters. The van der Waals surface area contributed by atoms with E-state index in [0.29, 0.717) is 5.75 Å². The van der Waals surface area contributed by atoms with Crippen LogP contribution in [-0.4, -0.2) is 5.97 Å². The van der Waals surface area contributed by atoms with Gasteiger partial charge in [0, 0.05) is 4.47 Å². The molecule has 0 radical (unpaired) electrons. The molecule has 0 heterocycles. The van der Waals surface area contributed by atoms with Gasteiger partial charge in [0.05, 0.1) is 6.42 Å². The van der Waals surface area contributed by atoms with Crippen molar-refractivity contribution < 1.29 is 9.53 Å². The van der Waals surface area contributed by atoms with E-state index >= 15 is 0 Å². The number of hydrogen-bond acceptors (Lipinski definition) is 2. The minimum atomic E-state index is -0.236. The van der Waals surface area contributed by atoms with Crippen LogP contribution in [0.2, 0.25) is 0 Å². The Morgan fingerprint density at radius 2 is 1.68 bits per heavy atom. The standard InChI is InChI=1S/C16H15BrO2/c1-11-8-14(17)9-12(2)16(11)19-15(18)10-13-6-4-3-5-7-13/h3-9H,10H2,1-2H3. The Balaban J connectivity index is 2.12. The lowest BCUT2D eigenvalue weighted by molar-refractivity contribution is -0.133. The molecule has 0 aliphatic carbocycles. The summed E-state index contributed by atoms with van der Waals surface area (Å²) in [6.07, 6.45) is 0.287. The highest BCUT2D eigenvalue weighted by Gasteiger charge is 2.11. The SMILES string of the molecule is Cc1cc(Br)cc(C)c1OC(=O)Cc1ccccc1. The van der Waals surface area contributed by atoms with E-state index in [1.165, 1.54) is 0 Å². The highest BCUT2D eigenvalue weighted by Crippen LogP contribution is 2.27. The van der Waals surface area contributed by atoms with Crippen LogP contribution in [0.3, 0.4) is 0 Å². The fourth-order valence-corrected chi connectivity index (χ4v) is 2.66. The van der Waals surface area contributed by atoms with Crippen LogP contribution in [0.25, 0.3) is 0 Å². The van der Waals surface area contributed by atoms with Crippen LogP contribution in [0.5, 0.6) is 5.75 Å². The third kappa shape index (κ3) is 3.67. The number of esters is 1. The van der Waals surface area contributed by atoms with Gasteiger partial charge < -0.3 is 4.74 Å². The summed E-state index contributed by atoms with van der Waals surface area (Å²) in [7, 11) is 0. The van der Waals surface area contributed by atoms with Crippen molar-refractivity contribution in [1.82, 2.24) is 0 Å². The maximum absolute atomic E-state index is 11.9. The van der Waals surface area contributed by atoms with Gasteiger partial charge in [-0.3, -0.25) is 4.79 Å². The summed E-state index contributed by atoms with van der Waals surface area (Å²) in [5, 5.41) is 0. The van der Waals surface area contributed by atoms with E-state index in [-0.39, 0.29) is 12.4 Å². The number of halogens is 1. The molecule has 2 rings (SSSR count). The number of ether oxygens (including phenoxy) is 1. The molecule has 98 valence electrons. The van der Waals surface area contributed by atoms with Crippen molar-refractivity contribution in [1.29, 1.82) is 0 Å². The number of benzene rings is 2. The number of carbonyl (C=O) groups excluding carboxylic acids is 1. The van der Waals surface area contributed by atoms with Gasteiger partial charge in [-0.15, -0.1) is 0 Å². The van der Waals surface area contributed by atoms with E-state index in [1.807, 2.05) is 56.3 Å². The number of aryl methyl sites for hydroxylation is 2. The van der Waals surface area contributed by atoms with Crippen LogP contribution in [0, 0.1) is 13.8 Å². The first kappa shape index (κ1) is 13.8. The summed E-state index contributed by atoms with van der Waals surface area (Å²) in [5.74, 6) is 0.420. The van der Waals surface area contributed by atoms with Crippen molar-refractivity contribution in [2.45, 2.75) is 20.3 Å². The first-order valence-corrected chi connectivity index (χ1v) is 6.87. The Hall–Kier alpha value is -1.61. The van der Waals surface area contributed by atoms with Gasteiger partial charge in [0.2, 0.25) is 0 Å². The lowest BCUT2D eigenvalue weighted by Gasteiger charge is -2.11. The Bertz CT molecular complexity index is 568. The molecule has 0 amide bonds. The van der Waals surface area contributed by atoms with Gasteiger partial charge in [-0.25, -0.2) is 0 Å². The molecule has 0 N–H and O–H groups in total. The van der Waals surface area contributed by atoms with Crippen LogP contribution < -0.4 is 4.74 Å². The van der Waals surface area contributed by atoms with Crippen LogP contribution in [-0.2, 0) is 11.2 Å². The minimum Gasteiger partial charge on any atom is -0.426 e. The average Bonchev–Trinajstić information content (AvgIpc) is 2.35. The normalized spacial score (nSPS) is 10.3. The van der Waals surface area contributed by atoms with E-state index in [9.17, 15) is 4.79 Å². The smallest absolute Gasteiger partial charge is 0.315 e. The molecule has 3 heteroatoms. The average molecular weight is 319 g/mol. The molecule has 2 aromatic rings. The summed E-state index contributed by atoms with van der Waals surface area (Å²) in [6.45, 7) is 3.87. The summed E-state index contributed by atoms with van der Waals surface area (Å²) >= 11 is 3.43. The van der Waals surface area contributed by atoms with Gasteiger partial charge in [0.1, 0.15) is 5.75 Å². The van der Waals surface area contributed by atoms with Gasteiger partial charge in [-0.2, -0.15) is 0 Å². The predicted molar refractivity (Wildman–Crippen MR) is 79.4 cm³/mol. The first-order chi connectivity index (χ1) is 9.06. The summed E-state index contributed by atoms with van der Waals surface area (Å²) in [5.41, 5.74) is 2.86. The minimum absolute atomic E-state index is 0.236. The van der Waals surface area contributed by atoms with Gasteiger partial charge in [0.15, 0.2) is 0 Å². The Morgan fingerprint density at radius 1 is 1.11 bits per heavy atom. The number of hydrogen-bond donors (Lipinski definition) is 0. The fourth-order valence-electron chi connectivity index (χ4n) is 1.97. The molecule has 0 aromatic heterocycles. The van der Waals surface area contributed by atoms with E-state index in [4.69, 9.17) is 4.74 Å². The van der Waals surface area contributed by atoms with E-state index in [2.05, 4.69) is 15.9 Å². The molecule has 0 saturated heterocycles. The molecule has 0 aliphatic heterocycles. The van der Waals surface area contributed by atoms with Crippen LogP contribution in [0.1, 0.15) is 16.7 Å². The molecule has 2 nitrogen and oxygen atoms in total. The quantitative estimate of drug-likeness (QED) is 0.626. The zero-order chi connectivity index (χ0) is 13.8. The highest BCUT2D eigenvalue weighted by molar-refractivity contribution is 9.10. The Labute approximate surface area is 121 Å². The van der Waals surface area contributed by atoms with E-state index in [1.54, 1.807) is 0 Å². The maximum Gasteiger partial charge on any atom is 0.315 e. The maximum atomic E-state index is 11.9. The van der Waals surface area contributed by atoms with Crippen molar-refractivity contribution in [3.8, 4) is 5.75 Å². The molecule has 19 heavy (non-hydrogen) atoms. The van der Waals surface area contributed by atoms with Crippen molar-refractivity contribution in [3.05, 3.63) is 63.6 Å². The van der Waals surface area contributed by atoms with Crippen molar-refractivity contribution >= 4 is 21.9 Å². The Morgan fingerprint density at radius 3 is 2.26 bits per heavy atom. The second-order valence-electron chi connectivity index (χ2n) is 4.51. The summed E-state index contributed by atoms with van der Waals surface area (Å²) < 4.78 is 6.47. The number of rotatable bonds is 3. The second-order valence-corrected chi connectivity index (χ2v) is 5.42. The first-order valence-electron chi connectivity index (χ1n) is 6.07. The molecular formula is C16H15BrO2. The molecule has 0 bridgehead atoms. The predicted octanol–water partition coefficient (Wildman–Crippen LogP) is 4.21. The fraction of sp³-hybridized carbons (Fsp3) is 0.188. The third-order valence-electron chi connectivity index (χ3n) is 2.83. The zero-order valence-corrected chi connectivity index (χ0v) is 12.5. The number of carbonyl (C=O) groups is 1. The zero-order valence-electron chi connectivity index (χ0n) is 10.9. The molecule has 0 spiro atoms. The monoisotopic (exact) mass is 318 g/mol. The third-order valence-corrected chi connectivity index (χ3v) is 3.29. The molecular weight excluding hydrogens is 304 g/mol. The van der Waals surface area contributed by atoms with Gasteiger partial charge in [0.25, 0.3) is 0 Å². The highest BCUT2D eigenvalue weighted by atomic mass is 79.9. The lowest BCUT2D eigenvalue weighted by atomic mass is 10.1. The Kier molecular flexibility index (Phi) is 4.38. The van der Waals surface area contributed by atoms with Gasteiger partial charge >= 0.3 is 5.97 Å². The van der Waals surface area contributed by atoms with Gasteiger partial charge in [-0.1, -0.05) is 46.3 Å². The molecule has 2 aromatic carbocycles. The van der Waals surface area contributed by atoms with Crippen molar-refractivity contribution in [2.75, 3.05) is 0 Å².